The maximum absolute atomic E-state index is 12.5. The quantitative estimate of drug-likeness (QED) is 0.800. The van der Waals surface area contributed by atoms with Gasteiger partial charge in [-0.3, -0.25) is 0 Å². The van der Waals surface area contributed by atoms with Gasteiger partial charge in [0, 0.05) is 18.8 Å². The lowest BCUT2D eigenvalue weighted by Gasteiger charge is -2.45. The van der Waals surface area contributed by atoms with Gasteiger partial charge in [-0.25, -0.2) is 8.42 Å². The minimum absolute atomic E-state index is 0.212. The molecule has 1 aliphatic carbocycles. The molecule has 2 aliphatic rings. The Balaban J connectivity index is 1.84. The molecule has 1 saturated carbocycles. The van der Waals surface area contributed by atoms with Crippen molar-refractivity contribution in [3.63, 3.8) is 0 Å². The van der Waals surface area contributed by atoms with Crippen molar-refractivity contribution < 1.29 is 13.5 Å². The number of β-amino-alcohol motifs (C(OH)–C–C–N with tert-alkyl or cyclic N) is 1. The largest absolute Gasteiger partial charge is 0.399 e. The summed E-state index contributed by atoms with van der Waals surface area (Å²) >= 11 is 0. The van der Waals surface area contributed by atoms with Crippen molar-refractivity contribution in [3.05, 3.63) is 23.8 Å². The number of hydrogen-bond acceptors (Lipinski definition) is 4. The van der Waals surface area contributed by atoms with E-state index in [9.17, 15) is 13.5 Å². The first-order valence-electron chi connectivity index (χ1n) is 6.42. The van der Waals surface area contributed by atoms with Gasteiger partial charge in [0.25, 0.3) is 0 Å². The predicted octanol–water partition coefficient (Wildman–Crippen LogP) is 0.723. The summed E-state index contributed by atoms with van der Waals surface area (Å²) in [6, 6.07) is 4.78. The Morgan fingerprint density at radius 1 is 1.37 bits per heavy atom. The summed E-state index contributed by atoms with van der Waals surface area (Å²) in [5.74, 6) is 0.284. The van der Waals surface area contributed by atoms with Crippen LogP contribution in [0.1, 0.15) is 18.4 Å². The van der Waals surface area contributed by atoms with Gasteiger partial charge < -0.3 is 10.8 Å². The maximum atomic E-state index is 12.5. The fourth-order valence-corrected chi connectivity index (χ4v) is 4.49. The van der Waals surface area contributed by atoms with E-state index in [1.165, 1.54) is 10.4 Å². The van der Waals surface area contributed by atoms with Gasteiger partial charge in [-0.1, -0.05) is 0 Å². The molecule has 5 nitrogen and oxygen atoms in total. The number of benzene rings is 1. The molecule has 2 fully saturated rings. The molecule has 6 heteroatoms. The van der Waals surface area contributed by atoms with Crippen LogP contribution < -0.4 is 5.73 Å². The van der Waals surface area contributed by atoms with Gasteiger partial charge in [0.05, 0.1) is 10.5 Å². The molecule has 1 aromatic carbocycles. The van der Waals surface area contributed by atoms with E-state index < -0.39 is 15.6 Å². The molecule has 3 N–H and O–H groups in total. The summed E-state index contributed by atoms with van der Waals surface area (Å²) in [5, 5.41) is 10.2. The summed E-state index contributed by atoms with van der Waals surface area (Å²) in [6.07, 6.45) is 2.01. The minimum Gasteiger partial charge on any atom is -0.399 e. The lowest BCUT2D eigenvalue weighted by molar-refractivity contribution is -0.0764. The lowest BCUT2D eigenvalue weighted by atomic mass is 9.91. The summed E-state index contributed by atoms with van der Waals surface area (Å²) < 4.78 is 26.3. The van der Waals surface area contributed by atoms with Gasteiger partial charge in [0.15, 0.2) is 0 Å². The average molecular weight is 282 g/mol. The van der Waals surface area contributed by atoms with Crippen molar-refractivity contribution in [1.82, 2.24) is 4.31 Å². The summed E-state index contributed by atoms with van der Waals surface area (Å²) in [4.78, 5) is 0.277. The Labute approximate surface area is 113 Å². The molecular weight excluding hydrogens is 264 g/mol. The highest BCUT2D eigenvalue weighted by Gasteiger charge is 2.55. The highest BCUT2D eigenvalue weighted by atomic mass is 32.2. The molecule has 0 unspecified atom stereocenters. The monoisotopic (exact) mass is 282 g/mol. The molecule has 1 heterocycles. The first-order chi connectivity index (χ1) is 8.83. The van der Waals surface area contributed by atoms with E-state index in [0.717, 1.165) is 12.8 Å². The van der Waals surface area contributed by atoms with Gasteiger partial charge in [0.2, 0.25) is 10.0 Å². The van der Waals surface area contributed by atoms with Crippen LogP contribution in [0.4, 0.5) is 5.69 Å². The topological polar surface area (TPSA) is 83.6 Å². The van der Waals surface area contributed by atoms with Crippen molar-refractivity contribution in [1.29, 1.82) is 0 Å². The molecule has 0 amide bonds. The molecule has 1 saturated heterocycles. The molecule has 1 aromatic rings. The predicted molar refractivity (Wildman–Crippen MR) is 72.0 cm³/mol. The van der Waals surface area contributed by atoms with E-state index in [1.54, 1.807) is 19.1 Å². The van der Waals surface area contributed by atoms with Crippen LogP contribution in [-0.4, -0.2) is 36.5 Å². The molecule has 104 valence electrons. The lowest BCUT2D eigenvalue weighted by Crippen LogP contribution is -2.64. The first-order valence-corrected chi connectivity index (χ1v) is 7.86. The van der Waals surface area contributed by atoms with E-state index in [4.69, 9.17) is 5.73 Å². The second kappa shape index (κ2) is 3.94. The normalized spacial score (nSPS) is 23.1. The van der Waals surface area contributed by atoms with Crippen LogP contribution in [0.25, 0.3) is 0 Å². The van der Waals surface area contributed by atoms with Crippen molar-refractivity contribution >= 4 is 15.7 Å². The number of anilines is 1. The van der Waals surface area contributed by atoms with Crippen molar-refractivity contribution in [2.45, 2.75) is 30.3 Å². The molecule has 0 aromatic heterocycles. The minimum atomic E-state index is -3.51. The highest BCUT2D eigenvalue weighted by molar-refractivity contribution is 7.89. The van der Waals surface area contributed by atoms with E-state index in [2.05, 4.69) is 0 Å². The van der Waals surface area contributed by atoms with E-state index in [-0.39, 0.29) is 23.9 Å². The molecule has 0 radical (unpaired) electrons. The Hall–Kier alpha value is -1.11. The zero-order chi connectivity index (χ0) is 13.8. The number of nitrogen functional groups attached to an aromatic ring is 1. The fraction of sp³-hybridized carbons (Fsp3) is 0.538. The van der Waals surface area contributed by atoms with Crippen molar-refractivity contribution in [2.75, 3.05) is 18.8 Å². The first kappa shape index (κ1) is 12.9. The third kappa shape index (κ3) is 2.04. The summed E-state index contributed by atoms with van der Waals surface area (Å²) in [7, 11) is -3.51. The smallest absolute Gasteiger partial charge is 0.243 e. The number of nitrogens with zero attached hydrogens (tertiary/aromatic N) is 1. The van der Waals surface area contributed by atoms with Crippen LogP contribution in [0.15, 0.2) is 23.1 Å². The second-order valence-corrected chi connectivity index (χ2v) is 7.58. The number of aliphatic hydroxyl groups is 1. The Kier molecular flexibility index (Phi) is 2.68. The Morgan fingerprint density at radius 3 is 2.53 bits per heavy atom. The SMILES string of the molecule is Cc1cc(N)ccc1S(=O)(=O)N1CC(O)(C2CC2)C1. The molecule has 3 rings (SSSR count). The van der Waals surface area contributed by atoms with Crippen LogP contribution >= 0.6 is 0 Å². The van der Waals surface area contributed by atoms with Crippen LogP contribution in [-0.2, 0) is 10.0 Å². The molecular formula is C13H18N2O3S. The second-order valence-electron chi connectivity index (χ2n) is 5.68. The van der Waals surface area contributed by atoms with Crippen molar-refractivity contribution in [3.8, 4) is 0 Å². The molecule has 0 bridgehead atoms. The Bertz CT molecular complexity index is 617. The third-order valence-corrected chi connectivity index (χ3v) is 6.01. The highest BCUT2D eigenvalue weighted by Crippen LogP contribution is 2.46. The Morgan fingerprint density at radius 2 is 2.00 bits per heavy atom. The van der Waals surface area contributed by atoms with Gasteiger partial charge >= 0.3 is 0 Å². The number of hydrogen-bond donors (Lipinski definition) is 2. The number of nitrogens with two attached hydrogens (primary N) is 1. The molecule has 0 atom stereocenters. The molecule has 1 aliphatic heterocycles. The van der Waals surface area contributed by atoms with Gasteiger partial charge in [-0.05, 0) is 49.4 Å². The summed E-state index contributed by atoms with van der Waals surface area (Å²) in [6.45, 7) is 2.16. The number of aryl methyl sites for hydroxylation is 1. The van der Waals surface area contributed by atoms with Gasteiger partial charge in [-0.15, -0.1) is 0 Å². The van der Waals surface area contributed by atoms with Crippen LogP contribution in [0.2, 0.25) is 0 Å². The zero-order valence-electron chi connectivity index (χ0n) is 10.8. The van der Waals surface area contributed by atoms with E-state index >= 15 is 0 Å². The molecule has 19 heavy (non-hydrogen) atoms. The van der Waals surface area contributed by atoms with Gasteiger partial charge in [0.1, 0.15) is 0 Å². The zero-order valence-corrected chi connectivity index (χ0v) is 11.7. The van der Waals surface area contributed by atoms with Crippen LogP contribution in [0, 0.1) is 12.8 Å². The van der Waals surface area contributed by atoms with E-state index in [1.807, 2.05) is 0 Å². The maximum Gasteiger partial charge on any atom is 0.243 e. The van der Waals surface area contributed by atoms with Crippen LogP contribution in [0.5, 0.6) is 0 Å². The number of sulfonamides is 1. The summed E-state index contributed by atoms with van der Waals surface area (Å²) in [5.41, 5.74) is 6.03. The van der Waals surface area contributed by atoms with E-state index in [0.29, 0.717) is 11.3 Å². The standard InChI is InChI=1S/C13H18N2O3S/c1-9-6-11(14)4-5-12(9)19(17,18)15-7-13(16,8-15)10-2-3-10/h4-6,10,16H,2-3,7-8,14H2,1H3. The molecule has 0 spiro atoms. The number of rotatable bonds is 3. The van der Waals surface area contributed by atoms with Crippen molar-refractivity contribution in [2.24, 2.45) is 5.92 Å². The third-order valence-electron chi connectivity index (χ3n) is 4.05. The fourth-order valence-electron chi connectivity index (χ4n) is 2.71. The van der Waals surface area contributed by atoms with Gasteiger partial charge in [-0.2, -0.15) is 4.31 Å². The van der Waals surface area contributed by atoms with Crippen LogP contribution in [0.3, 0.4) is 0 Å². The average Bonchev–Trinajstić information content (AvgIpc) is 3.07.